The summed E-state index contributed by atoms with van der Waals surface area (Å²) < 4.78 is 1.20. The Morgan fingerprint density at radius 1 is 1.26 bits per heavy atom. The maximum absolute atomic E-state index is 3.61. The van der Waals surface area contributed by atoms with Crippen molar-refractivity contribution in [2.75, 3.05) is 26.2 Å². The van der Waals surface area contributed by atoms with Crippen molar-refractivity contribution in [1.29, 1.82) is 0 Å². The number of nitrogens with one attached hydrogen (secondary N) is 1. The first kappa shape index (κ1) is 15.0. The number of rotatable bonds is 6. The van der Waals surface area contributed by atoms with Crippen molar-refractivity contribution < 1.29 is 0 Å². The number of benzene rings is 1. The summed E-state index contributed by atoms with van der Waals surface area (Å²) in [5.74, 6) is 0. The molecule has 0 unspecified atom stereocenters. The standard InChI is InChI=1S/C16H25BrN2/c1-2-3-4-8-16(19-11-9-18-10-12-19)14-6-5-7-15(17)13-14/h5-7,13,16,18H,2-4,8-12H2,1H3/t16-/m1/s1. The van der Waals surface area contributed by atoms with Crippen LogP contribution in [0.5, 0.6) is 0 Å². The Hall–Kier alpha value is -0.380. The molecule has 0 bridgehead atoms. The van der Waals surface area contributed by atoms with Crippen molar-refractivity contribution in [2.24, 2.45) is 0 Å². The molecule has 1 aromatic rings. The molecule has 0 aromatic heterocycles. The molecule has 3 heteroatoms. The molecule has 0 aliphatic carbocycles. The van der Waals surface area contributed by atoms with Crippen molar-refractivity contribution in [1.82, 2.24) is 10.2 Å². The maximum Gasteiger partial charge on any atom is 0.0349 e. The number of halogens is 1. The monoisotopic (exact) mass is 324 g/mol. The van der Waals surface area contributed by atoms with E-state index in [1.54, 1.807) is 0 Å². The topological polar surface area (TPSA) is 15.3 Å². The third-order valence-electron chi connectivity index (χ3n) is 3.91. The molecule has 1 fully saturated rings. The molecule has 2 nitrogen and oxygen atoms in total. The van der Waals surface area contributed by atoms with Gasteiger partial charge in [-0.1, -0.05) is 54.2 Å². The predicted octanol–water partition coefficient (Wildman–Crippen LogP) is 3.98. The Morgan fingerprint density at radius 2 is 2.05 bits per heavy atom. The number of unbranched alkanes of at least 4 members (excludes halogenated alkanes) is 2. The van der Waals surface area contributed by atoms with Crippen molar-refractivity contribution >= 4 is 15.9 Å². The molecular weight excluding hydrogens is 300 g/mol. The average molecular weight is 325 g/mol. The lowest BCUT2D eigenvalue weighted by Gasteiger charge is -2.35. The van der Waals surface area contributed by atoms with Crippen LogP contribution in [0.1, 0.15) is 44.2 Å². The zero-order valence-corrected chi connectivity index (χ0v) is 13.5. The Bertz CT molecular complexity index is 375. The van der Waals surface area contributed by atoms with Gasteiger partial charge in [-0.05, 0) is 24.1 Å². The highest BCUT2D eigenvalue weighted by Crippen LogP contribution is 2.28. The SMILES string of the molecule is CCCCC[C@H](c1cccc(Br)c1)N1CCNCC1. The summed E-state index contributed by atoms with van der Waals surface area (Å²) >= 11 is 3.61. The van der Waals surface area contributed by atoms with Crippen LogP contribution in [0.2, 0.25) is 0 Å². The van der Waals surface area contributed by atoms with E-state index in [0.717, 1.165) is 13.1 Å². The molecule has 19 heavy (non-hydrogen) atoms. The highest BCUT2D eigenvalue weighted by Gasteiger charge is 2.21. The summed E-state index contributed by atoms with van der Waals surface area (Å²) in [6.45, 7) is 6.86. The normalized spacial score (nSPS) is 18.4. The van der Waals surface area contributed by atoms with E-state index in [4.69, 9.17) is 0 Å². The van der Waals surface area contributed by atoms with Gasteiger partial charge in [0, 0.05) is 36.7 Å². The Morgan fingerprint density at radius 3 is 2.74 bits per heavy atom. The zero-order valence-electron chi connectivity index (χ0n) is 11.9. The highest BCUT2D eigenvalue weighted by atomic mass is 79.9. The van der Waals surface area contributed by atoms with Crippen LogP contribution in [0, 0.1) is 0 Å². The molecule has 0 radical (unpaired) electrons. The van der Waals surface area contributed by atoms with Crippen molar-refractivity contribution in [3.8, 4) is 0 Å². The third kappa shape index (κ3) is 4.59. The minimum atomic E-state index is 0.589. The number of hydrogen-bond donors (Lipinski definition) is 1. The van der Waals surface area contributed by atoms with Gasteiger partial charge in [-0.3, -0.25) is 4.90 Å². The van der Waals surface area contributed by atoms with Gasteiger partial charge in [0.2, 0.25) is 0 Å². The van der Waals surface area contributed by atoms with Crippen molar-refractivity contribution in [3.05, 3.63) is 34.3 Å². The molecule has 1 saturated heterocycles. The molecule has 1 aliphatic heterocycles. The predicted molar refractivity (Wildman–Crippen MR) is 85.5 cm³/mol. The van der Waals surface area contributed by atoms with Gasteiger partial charge >= 0.3 is 0 Å². The second-order valence-electron chi connectivity index (χ2n) is 5.35. The Balaban J connectivity index is 2.08. The van der Waals surface area contributed by atoms with Crippen LogP contribution in [0.15, 0.2) is 28.7 Å². The number of piperazine rings is 1. The Labute approximate surface area is 125 Å². The highest BCUT2D eigenvalue weighted by molar-refractivity contribution is 9.10. The van der Waals surface area contributed by atoms with Crippen LogP contribution < -0.4 is 5.32 Å². The molecule has 0 amide bonds. The summed E-state index contributed by atoms with van der Waals surface area (Å²) in [6.07, 6.45) is 5.26. The second kappa shape index (κ2) is 8.03. The molecule has 0 saturated carbocycles. The minimum Gasteiger partial charge on any atom is -0.314 e. The van der Waals surface area contributed by atoms with E-state index >= 15 is 0 Å². The second-order valence-corrected chi connectivity index (χ2v) is 6.27. The van der Waals surface area contributed by atoms with E-state index in [-0.39, 0.29) is 0 Å². The van der Waals surface area contributed by atoms with E-state index in [0.29, 0.717) is 6.04 Å². The fourth-order valence-corrected chi connectivity index (χ4v) is 3.27. The van der Waals surface area contributed by atoms with Gasteiger partial charge in [0.25, 0.3) is 0 Å². The molecule has 1 aliphatic rings. The lowest BCUT2D eigenvalue weighted by molar-refractivity contribution is 0.162. The van der Waals surface area contributed by atoms with Crippen molar-refractivity contribution in [3.63, 3.8) is 0 Å². The summed E-state index contributed by atoms with van der Waals surface area (Å²) in [5.41, 5.74) is 1.47. The van der Waals surface area contributed by atoms with E-state index < -0.39 is 0 Å². The molecule has 2 rings (SSSR count). The van der Waals surface area contributed by atoms with Gasteiger partial charge in [0.05, 0.1) is 0 Å². The van der Waals surface area contributed by atoms with Gasteiger partial charge in [-0.15, -0.1) is 0 Å². The smallest absolute Gasteiger partial charge is 0.0349 e. The molecule has 106 valence electrons. The van der Waals surface area contributed by atoms with Crippen LogP contribution >= 0.6 is 15.9 Å². The lowest BCUT2D eigenvalue weighted by Crippen LogP contribution is -2.45. The first-order valence-corrected chi connectivity index (χ1v) is 8.31. The largest absolute Gasteiger partial charge is 0.314 e. The molecule has 1 heterocycles. The molecular formula is C16H25BrN2. The van der Waals surface area contributed by atoms with Crippen LogP contribution in [0.25, 0.3) is 0 Å². The van der Waals surface area contributed by atoms with Crippen LogP contribution in [-0.4, -0.2) is 31.1 Å². The number of nitrogens with zero attached hydrogens (tertiary/aromatic N) is 1. The van der Waals surface area contributed by atoms with Gasteiger partial charge in [-0.25, -0.2) is 0 Å². The average Bonchev–Trinajstić information content (AvgIpc) is 2.45. The molecule has 0 spiro atoms. The zero-order chi connectivity index (χ0) is 13.5. The van der Waals surface area contributed by atoms with Gasteiger partial charge in [0.1, 0.15) is 0 Å². The fourth-order valence-electron chi connectivity index (χ4n) is 2.86. The van der Waals surface area contributed by atoms with Crippen LogP contribution in [0.3, 0.4) is 0 Å². The minimum absolute atomic E-state index is 0.589. The van der Waals surface area contributed by atoms with Gasteiger partial charge in [0.15, 0.2) is 0 Å². The van der Waals surface area contributed by atoms with Gasteiger partial charge < -0.3 is 5.32 Å². The quantitative estimate of drug-likeness (QED) is 0.796. The number of hydrogen-bond acceptors (Lipinski definition) is 2. The van der Waals surface area contributed by atoms with E-state index in [9.17, 15) is 0 Å². The van der Waals surface area contributed by atoms with Crippen molar-refractivity contribution in [2.45, 2.75) is 38.6 Å². The van der Waals surface area contributed by atoms with E-state index in [1.165, 1.54) is 48.8 Å². The summed E-state index contributed by atoms with van der Waals surface area (Å²) in [4.78, 5) is 2.65. The summed E-state index contributed by atoms with van der Waals surface area (Å²) in [7, 11) is 0. The Kier molecular flexibility index (Phi) is 6.35. The lowest BCUT2D eigenvalue weighted by atomic mass is 9.98. The van der Waals surface area contributed by atoms with Gasteiger partial charge in [-0.2, -0.15) is 0 Å². The summed E-state index contributed by atoms with van der Waals surface area (Å²) in [6, 6.07) is 9.44. The van der Waals surface area contributed by atoms with E-state index in [2.05, 4.69) is 57.3 Å². The van der Waals surface area contributed by atoms with Crippen LogP contribution in [0.4, 0.5) is 0 Å². The maximum atomic E-state index is 3.61. The molecule has 1 aromatic carbocycles. The molecule has 1 atom stereocenters. The first-order valence-electron chi connectivity index (χ1n) is 7.51. The van der Waals surface area contributed by atoms with Crippen LogP contribution in [-0.2, 0) is 0 Å². The van der Waals surface area contributed by atoms with E-state index in [1.807, 2.05) is 0 Å². The summed E-state index contributed by atoms with van der Waals surface area (Å²) in [5, 5.41) is 3.45. The first-order chi connectivity index (χ1) is 9.31. The molecule has 1 N–H and O–H groups in total. The third-order valence-corrected chi connectivity index (χ3v) is 4.40. The fraction of sp³-hybridized carbons (Fsp3) is 0.625.